The molecule has 156 valence electrons. The van der Waals surface area contributed by atoms with Gasteiger partial charge in [-0.15, -0.1) is 6.58 Å². The van der Waals surface area contributed by atoms with Gasteiger partial charge in [0.1, 0.15) is 0 Å². The molecule has 0 aliphatic heterocycles. The molecule has 0 spiro atoms. The fourth-order valence-corrected chi connectivity index (χ4v) is 4.56. The lowest BCUT2D eigenvalue weighted by molar-refractivity contribution is -0.137. The maximum Gasteiger partial charge on any atom is 0.315 e. The number of carbonyl (C=O) groups excluding carboxylic acids is 1. The van der Waals surface area contributed by atoms with E-state index in [1.54, 1.807) is 17.8 Å². The molecule has 0 saturated heterocycles. The first-order valence-electron chi connectivity index (χ1n) is 9.90. The molecule has 5 nitrogen and oxygen atoms in total. The van der Waals surface area contributed by atoms with Gasteiger partial charge >= 0.3 is 5.97 Å². The van der Waals surface area contributed by atoms with E-state index in [1.807, 2.05) is 19.1 Å². The van der Waals surface area contributed by atoms with Crippen LogP contribution >= 0.6 is 11.8 Å². The minimum atomic E-state index is -0.903. The van der Waals surface area contributed by atoms with Crippen LogP contribution in [-0.4, -0.2) is 57.7 Å². The molecular weight excluding hydrogens is 364 g/mol. The lowest BCUT2D eigenvalue weighted by atomic mass is 9.87. The lowest BCUT2D eigenvalue weighted by Crippen LogP contribution is -2.25. The molecule has 1 unspecified atom stereocenters. The zero-order valence-electron chi connectivity index (χ0n) is 16.7. The van der Waals surface area contributed by atoms with Gasteiger partial charge in [-0.3, -0.25) is 4.79 Å². The van der Waals surface area contributed by atoms with Crippen LogP contribution in [0.25, 0.3) is 0 Å². The molecule has 1 aliphatic rings. The number of hydrogen-bond donors (Lipinski definition) is 3. The Bertz CT molecular complexity index is 481. The third-order valence-corrected chi connectivity index (χ3v) is 6.35. The Hall–Kier alpha value is -0.820. The number of thioether (sulfide) groups is 1. The Morgan fingerprint density at radius 3 is 2.70 bits per heavy atom. The van der Waals surface area contributed by atoms with E-state index in [4.69, 9.17) is 0 Å². The maximum atomic E-state index is 11.1. The maximum absolute atomic E-state index is 11.1. The number of aliphatic hydroxyl groups excluding tert-OH is 2. The van der Waals surface area contributed by atoms with Crippen LogP contribution in [0.4, 0.5) is 0 Å². The van der Waals surface area contributed by atoms with Crippen molar-refractivity contribution in [2.75, 3.05) is 18.6 Å². The summed E-state index contributed by atoms with van der Waals surface area (Å²) >= 11 is 1.56. The van der Waals surface area contributed by atoms with Crippen molar-refractivity contribution in [1.82, 2.24) is 0 Å². The van der Waals surface area contributed by atoms with Crippen LogP contribution in [0.1, 0.15) is 51.9 Å². The predicted octanol–water partition coefficient (Wildman–Crippen LogP) is 3.08. The van der Waals surface area contributed by atoms with Crippen LogP contribution in [-0.2, 0) is 9.53 Å². The van der Waals surface area contributed by atoms with E-state index >= 15 is 0 Å². The first-order valence-corrected chi connectivity index (χ1v) is 11.1. The molecule has 5 atom stereocenters. The van der Waals surface area contributed by atoms with Crippen molar-refractivity contribution in [2.24, 2.45) is 11.8 Å². The van der Waals surface area contributed by atoms with Crippen LogP contribution in [0.3, 0.4) is 0 Å². The summed E-state index contributed by atoms with van der Waals surface area (Å²) < 4.78 is 4.61. The van der Waals surface area contributed by atoms with Gasteiger partial charge in [0, 0.05) is 12.3 Å². The van der Waals surface area contributed by atoms with Crippen LogP contribution in [0.15, 0.2) is 24.8 Å². The lowest BCUT2D eigenvalue weighted by Gasteiger charge is -2.23. The van der Waals surface area contributed by atoms with E-state index in [0.717, 1.165) is 31.4 Å². The molecule has 1 fully saturated rings. The minimum absolute atomic E-state index is 0.0323. The van der Waals surface area contributed by atoms with Gasteiger partial charge in [-0.25, -0.2) is 0 Å². The van der Waals surface area contributed by atoms with E-state index in [1.165, 1.54) is 7.11 Å². The first kappa shape index (κ1) is 24.2. The zero-order chi connectivity index (χ0) is 20.3. The average molecular weight is 401 g/mol. The standard InChI is InChI=1S/C21H36O5S/c1-4-11-21(25,5-2)12-8-10-17-16(18(22)14-19(17)23)9-6-7-13-27-15-20(24)26-3/h5,8,10,16-19,22-23,25H,2,4,6-7,9,11-15H2,1,3H3/t16-,17-,18+,19-,21?/m1/s1. The quantitative estimate of drug-likeness (QED) is 0.250. The Morgan fingerprint density at radius 2 is 2.07 bits per heavy atom. The van der Waals surface area contributed by atoms with Gasteiger partial charge in [0.15, 0.2) is 0 Å². The molecule has 0 aromatic heterocycles. The van der Waals surface area contributed by atoms with Crippen molar-refractivity contribution >= 4 is 17.7 Å². The summed E-state index contributed by atoms with van der Waals surface area (Å²) in [5, 5.41) is 31.0. The summed E-state index contributed by atoms with van der Waals surface area (Å²) in [6.45, 7) is 5.74. The van der Waals surface area contributed by atoms with Crippen molar-refractivity contribution in [2.45, 2.75) is 69.7 Å². The van der Waals surface area contributed by atoms with Gasteiger partial charge in [-0.05, 0) is 37.4 Å². The molecule has 0 bridgehead atoms. The van der Waals surface area contributed by atoms with Gasteiger partial charge in [0.2, 0.25) is 0 Å². The van der Waals surface area contributed by atoms with Crippen LogP contribution in [0.5, 0.6) is 0 Å². The van der Waals surface area contributed by atoms with Crippen molar-refractivity contribution in [3.63, 3.8) is 0 Å². The molecule has 0 heterocycles. The normalized spacial score (nSPS) is 27.6. The number of rotatable bonds is 13. The molecule has 3 N–H and O–H groups in total. The third-order valence-electron chi connectivity index (χ3n) is 5.33. The smallest absolute Gasteiger partial charge is 0.315 e. The zero-order valence-corrected chi connectivity index (χ0v) is 17.5. The van der Waals surface area contributed by atoms with Gasteiger partial charge in [-0.1, -0.05) is 38.0 Å². The molecule has 1 saturated carbocycles. The SMILES string of the molecule is C=CC(O)(CC=C[C@@H]1[C@@H](CCCCSCC(=O)OC)[C@@H](O)C[C@H]1O)CCC. The van der Waals surface area contributed by atoms with E-state index in [0.29, 0.717) is 25.0 Å². The van der Waals surface area contributed by atoms with Crippen molar-refractivity contribution < 1.29 is 24.9 Å². The van der Waals surface area contributed by atoms with Crippen LogP contribution in [0, 0.1) is 11.8 Å². The van der Waals surface area contributed by atoms with Crippen LogP contribution < -0.4 is 0 Å². The number of methoxy groups -OCH3 is 1. The molecule has 0 amide bonds. The van der Waals surface area contributed by atoms with E-state index < -0.39 is 17.8 Å². The highest BCUT2D eigenvalue weighted by atomic mass is 32.2. The summed E-state index contributed by atoms with van der Waals surface area (Å²) in [6, 6.07) is 0. The van der Waals surface area contributed by atoms with Gasteiger partial charge in [0.25, 0.3) is 0 Å². The average Bonchev–Trinajstić information content (AvgIpc) is 2.91. The third kappa shape index (κ3) is 8.38. The summed E-state index contributed by atoms with van der Waals surface area (Å²) in [5.74, 6) is 0.992. The van der Waals surface area contributed by atoms with Crippen molar-refractivity contribution in [1.29, 1.82) is 0 Å². The number of hydrogen-bond acceptors (Lipinski definition) is 6. The second-order valence-electron chi connectivity index (χ2n) is 7.43. The monoisotopic (exact) mass is 400 g/mol. The van der Waals surface area contributed by atoms with Crippen molar-refractivity contribution in [3.8, 4) is 0 Å². The molecule has 6 heteroatoms. The summed E-state index contributed by atoms with van der Waals surface area (Å²) in [6.07, 6.45) is 9.58. The predicted molar refractivity (Wildman–Crippen MR) is 111 cm³/mol. The highest BCUT2D eigenvalue weighted by molar-refractivity contribution is 7.99. The first-order chi connectivity index (χ1) is 12.9. The molecule has 0 aromatic carbocycles. The minimum Gasteiger partial charge on any atom is -0.468 e. The Kier molecular flexibility index (Phi) is 11.3. The highest BCUT2D eigenvalue weighted by Crippen LogP contribution is 2.37. The summed E-state index contributed by atoms with van der Waals surface area (Å²) in [4.78, 5) is 11.1. The molecule has 0 radical (unpaired) electrons. The van der Waals surface area contributed by atoms with E-state index in [2.05, 4.69) is 11.3 Å². The number of carbonyl (C=O) groups is 1. The largest absolute Gasteiger partial charge is 0.468 e. The molecule has 1 rings (SSSR count). The fourth-order valence-electron chi connectivity index (χ4n) is 3.73. The van der Waals surface area contributed by atoms with E-state index in [-0.39, 0.29) is 17.8 Å². The molecule has 0 aromatic rings. The summed E-state index contributed by atoms with van der Waals surface area (Å²) in [5.41, 5.74) is -0.903. The second-order valence-corrected chi connectivity index (χ2v) is 8.53. The Labute approximate surface area is 167 Å². The Balaban J connectivity index is 2.46. The molecule has 1 aliphatic carbocycles. The van der Waals surface area contributed by atoms with Gasteiger partial charge in [-0.2, -0.15) is 11.8 Å². The second kappa shape index (κ2) is 12.6. The van der Waals surface area contributed by atoms with Crippen molar-refractivity contribution in [3.05, 3.63) is 24.8 Å². The Morgan fingerprint density at radius 1 is 1.33 bits per heavy atom. The van der Waals surface area contributed by atoms with E-state index in [9.17, 15) is 20.1 Å². The fraction of sp³-hybridized carbons (Fsp3) is 0.762. The number of aliphatic hydroxyl groups is 3. The number of unbranched alkanes of at least 4 members (excludes halogenated alkanes) is 1. The highest BCUT2D eigenvalue weighted by Gasteiger charge is 2.39. The molecule has 27 heavy (non-hydrogen) atoms. The topological polar surface area (TPSA) is 87.0 Å². The number of ether oxygens (including phenoxy) is 1. The van der Waals surface area contributed by atoms with Gasteiger partial charge < -0.3 is 20.1 Å². The van der Waals surface area contributed by atoms with Crippen LogP contribution in [0.2, 0.25) is 0 Å². The molecular formula is C21H36O5S. The number of esters is 1. The summed E-state index contributed by atoms with van der Waals surface area (Å²) in [7, 11) is 1.39. The van der Waals surface area contributed by atoms with Gasteiger partial charge in [0.05, 0.1) is 30.7 Å².